The molecule has 0 radical (unpaired) electrons. The Bertz CT molecular complexity index is 136. The Morgan fingerprint density at radius 3 is 2.36 bits per heavy atom. The number of hydrogen-bond acceptors (Lipinski definition) is 1. The van der Waals surface area contributed by atoms with Gasteiger partial charge in [0.05, 0.1) is 0 Å². The third kappa shape index (κ3) is 4.77. The molecule has 1 atom stereocenters. The molecule has 0 aliphatic carbocycles. The van der Waals surface area contributed by atoms with Crippen molar-refractivity contribution in [1.29, 1.82) is 0 Å². The first-order valence-corrected chi connectivity index (χ1v) is 4.17. The van der Waals surface area contributed by atoms with Gasteiger partial charge < -0.3 is 4.79 Å². The average molecular weight is 154 g/mol. The van der Waals surface area contributed by atoms with Crippen LogP contribution in [0.25, 0.3) is 0 Å². The standard InChI is InChI=1S/C10H18O/c1-8(2)5-6-10(7-11)9(3)4/h7,9-10H,1,5-6H2,2-4H3/t10-/m1/s1. The SMILES string of the molecule is C=C(C)CC[C@H](C=O)C(C)C. The molecule has 1 heteroatoms. The molecule has 0 aromatic rings. The topological polar surface area (TPSA) is 17.1 Å². The summed E-state index contributed by atoms with van der Waals surface area (Å²) in [6, 6.07) is 0. The molecule has 0 aromatic heterocycles. The van der Waals surface area contributed by atoms with E-state index in [9.17, 15) is 4.79 Å². The van der Waals surface area contributed by atoms with Gasteiger partial charge in [-0.05, 0) is 25.7 Å². The monoisotopic (exact) mass is 154 g/mol. The lowest BCUT2D eigenvalue weighted by molar-refractivity contribution is -0.112. The molecule has 0 saturated carbocycles. The fourth-order valence-corrected chi connectivity index (χ4v) is 0.972. The van der Waals surface area contributed by atoms with Crippen LogP contribution in [0.4, 0.5) is 0 Å². The molecule has 0 aliphatic rings. The Hall–Kier alpha value is -0.590. The zero-order valence-electron chi connectivity index (χ0n) is 7.76. The maximum Gasteiger partial charge on any atom is 0.123 e. The second kappa shape index (κ2) is 5.11. The van der Waals surface area contributed by atoms with Crippen LogP contribution >= 0.6 is 0 Å². The summed E-state index contributed by atoms with van der Waals surface area (Å²) in [6.45, 7) is 9.97. The maximum atomic E-state index is 10.5. The van der Waals surface area contributed by atoms with E-state index >= 15 is 0 Å². The van der Waals surface area contributed by atoms with Crippen LogP contribution in [-0.2, 0) is 4.79 Å². The minimum absolute atomic E-state index is 0.215. The van der Waals surface area contributed by atoms with E-state index in [4.69, 9.17) is 0 Å². The second-order valence-electron chi connectivity index (χ2n) is 3.54. The molecule has 0 aliphatic heterocycles. The van der Waals surface area contributed by atoms with Crippen molar-refractivity contribution < 1.29 is 4.79 Å². The smallest absolute Gasteiger partial charge is 0.123 e. The van der Waals surface area contributed by atoms with Crippen molar-refractivity contribution in [3.8, 4) is 0 Å². The van der Waals surface area contributed by atoms with Gasteiger partial charge in [0.2, 0.25) is 0 Å². The van der Waals surface area contributed by atoms with Crippen molar-refractivity contribution >= 4 is 6.29 Å². The third-order valence-electron chi connectivity index (χ3n) is 1.94. The van der Waals surface area contributed by atoms with Crippen molar-refractivity contribution in [1.82, 2.24) is 0 Å². The molecular formula is C10H18O. The van der Waals surface area contributed by atoms with E-state index in [2.05, 4.69) is 20.4 Å². The van der Waals surface area contributed by atoms with Gasteiger partial charge in [-0.2, -0.15) is 0 Å². The van der Waals surface area contributed by atoms with Crippen LogP contribution in [0.2, 0.25) is 0 Å². The fourth-order valence-electron chi connectivity index (χ4n) is 0.972. The highest BCUT2D eigenvalue weighted by Crippen LogP contribution is 2.16. The number of allylic oxidation sites excluding steroid dienone is 1. The number of rotatable bonds is 5. The number of aldehydes is 1. The molecule has 64 valence electrons. The number of carbonyl (C=O) groups excluding carboxylic acids is 1. The molecule has 0 aromatic carbocycles. The Morgan fingerprint density at radius 2 is 2.09 bits per heavy atom. The zero-order valence-corrected chi connectivity index (χ0v) is 7.76. The molecule has 0 bridgehead atoms. The Labute approximate surface area is 69.5 Å². The van der Waals surface area contributed by atoms with Crippen molar-refractivity contribution in [3.63, 3.8) is 0 Å². The summed E-state index contributed by atoms with van der Waals surface area (Å²) in [5, 5.41) is 0. The van der Waals surface area contributed by atoms with Crippen molar-refractivity contribution in [3.05, 3.63) is 12.2 Å². The van der Waals surface area contributed by atoms with Gasteiger partial charge in [-0.1, -0.05) is 19.4 Å². The molecule has 0 heterocycles. The summed E-state index contributed by atoms with van der Waals surface area (Å²) in [7, 11) is 0. The molecule has 0 spiro atoms. The Morgan fingerprint density at radius 1 is 1.55 bits per heavy atom. The molecule has 1 nitrogen and oxygen atoms in total. The normalized spacial score (nSPS) is 13.1. The minimum atomic E-state index is 0.215. The highest BCUT2D eigenvalue weighted by molar-refractivity contribution is 5.53. The van der Waals surface area contributed by atoms with Crippen LogP contribution in [0.5, 0.6) is 0 Å². The van der Waals surface area contributed by atoms with E-state index in [0.29, 0.717) is 5.92 Å². The predicted molar refractivity (Wildman–Crippen MR) is 48.4 cm³/mol. The summed E-state index contributed by atoms with van der Waals surface area (Å²) < 4.78 is 0. The molecule has 11 heavy (non-hydrogen) atoms. The Kier molecular flexibility index (Phi) is 4.84. The maximum absolute atomic E-state index is 10.5. The summed E-state index contributed by atoms with van der Waals surface area (Å²) in [4.78, 5) is 10.5. The van der Waals surface area contributed by atoms with Crippen LogP contribution < -0.4 is 0 Å². The summed E-state index contributed by atoms with van der Waals surface area (Å²) in [5.41, 5.74) is 1.16. The first kappa shape index (κ1) is 10.4. The van der Waals surface area contributed by atoms with E-state index in [1.807, 2.05) is 6.92 Å². The van der Waals surface area contributed by atoms with Gasteiger partial charge in [-0.3, -0.25) is 0 Å². The van der Waals surface area contributed by atoms with Crippen LogP contribution in [0.1, 0.15) is 33.6 Å². The molecule has 0 amide bonds. The molecule has 0 fully saturated rings. The largest absolute Gasteiger partial charge is 0.303 e. The average Bonchev–Trinajstić information content (AvgIpc) is 1.87. The van der Waals surface area contributed by atoms with Crippen LogP contribution in [0.15, 0.2) is 12.2 Å². The molecule has 0 N–H and O–H groups in total. The van der Waals surface area contributed by atoms with E-state index in [0.717, 1.165) is 24.7 Å². The number of hydrogen-bond donors (Lipinski definition) is 0. The summed E-state index contributed by atoms with van der Waals surface area (Å²) in [5.74, 6) is 0.679. The van der Waals surface area contributed by atoms with E-state index in [1.54, 1.807) is 0 Å². The molecule has 0 saturated heterocycles. The second-order valence-corrected chi connectivity index (χ2v) is 3.54. The van der Waals surface area contributed by atoms with Crippen LogP contribution in [0, 0.1) is 11.8 Å². The van der Waals surface area contributed by atoms with Crippen molar-refractivity contribution in [2.45, 2.75) is 33.6 Å². The van der Waals surface area contributed by atoms with E-state index in [1.165, 1.54) is 0 Å². The van der Waals surface area contributed by atoms with Gasteiger partial charge in [-0.15, -0.1) is 6.58 Å². The van der Waals surface area contributed by atoms with Gasteiger partial charge in [0, 0.05) is 5.92 Å². The van der Waals surface area contributed by atoms with Gasteiger partial charge in [0.15, 0.2) is 0 Å². The first-order chi connectivity index (χ1) is 5.07. The van der Waals surface area contributed by atoms with Crippen molar-refractivity contribution in [2.75, 3.05) is 0 Å². The van der Waals surface area contributed by atoms with E-state index in [-0.39, 0.29) is 5.92 Å². The lowest BCUT2D eigenvalue weighted by Gasteiger charge is -2.13. The molecular weight excluding hydrogens is 136 g/mol. The molecule has 0 rings (SSSR count). The van der Waals surface area contributed by atoms with Gasteiger partial charge in [0.25, 0.3) is 0 Å². The van der Waals surface area contributed by atoms with E-state index < -0.39 is 0 Å². The highest BCUT2D eigenvalue weighted by Gasteiger charge is 2.10. The minimum Gasteiger partial charge on any atom is -0.303 e. The fraction of sp³-hybridized carbons (Fsp3) is 0.700. The van der Waals surface area contributed by atoms with Gasteiger partial charge in [0.1, 0.15) is 6.29 Å². The van der Waals surface area contributed by atoms with Crippen LogP contribution in [-0.4, -0.2) is 6.29 Å². The number of carbonyl (C=O) groups is 1. The summed E-state index contributed by atoms with van der Waals surface area (Å²) >= 11 is 0. The quantitative estimate of drug-likeness (QED) is 0.439. The third-order valence-corrected chi connectivity index (χ3v) is 1.94. The summed E-state index contributed by atoms with van der Waals surface area (Å²) in [6.07, 6.45) is 2.99. The van der Waals surface area contributed by atoms with Gasteiger partial charge >= 0.3 is 0 Å². The zero-order chi connectivity index (χ0) is 8.85. The molecule has 0 unspecified atom stereocenters. The lowest BCUT2D eigenvalue weighted by atomic mass is 9.91. The lowest BCUT2D eigenvalue weighted by Crippen LogP contribution is -2.09. The predicted octanol–water partition coefficient (Wildman–Crippen LogP) is 2.81. The van der Waals surface area contributed by atoms with Crippen LogP contribution in [0.3, 0.4) is 0 Å². The first-order valence-electron chi connectivity index (χ1n) is 4.17. The highest BCUT2D eigenvalue weighted by atomic mass is 16.1. The van der Waals surface area contributed by atoms with Gasteiger partial charge in [-0.25, -0.2) is 0 Å². The Balaban J connectivity index is 3.69. The van der Waals surface area contributed by atoms with Crippen molar-refractivity contribution in [2.24, 2.45) is 11.8 Å².